The van der Waals surface area contributed by atoms with Crippen molar-refractivity contribution in [1.82, 2.24) is 0 Å². The van der Waals surface area contributed by atoms with Gasteiger partial charge in [-0.3, -0.25) is 4.79 Å². The molecule has 2 aromatic rings. The minimum atomic E-state index is -0.490. The van der Waals surface area contributed by atoms with Crippen LogP contribution in [0.2, 0.25) is 0 Å². The second kappa shape index (κ2) is 5.88. The first kappa shape index (κ1) is 13.6. The highest BCUT2D eigenvalue weighted by molar-refractivity contribution is 5.92. The number of esters is 1. The second-order valence-electron chi connectivity index (χ2n) is 4.26. The smallest absolute Gasteiger partial charge is 0.338 e. The highest BCUT2D eigenvalue weighted by Gasteiger charge is 2.07. The van der Waals surface area contributed by atoms with Crippen LogP contribution >= 0.6 is 0 Å². The van der Waals surface area contributed by atoms with E-state index in [0.717, 1.165) is 5.56 Å². The Morgan fingerprint density at radius 3 is 2.00 bits per heavy atom. The fourth-order valence-corrected chi connectivity index (χ4v) is 1.62. The van der Waals surface area contributed by atoms with E-state index in [2.05, 4.69) is 0 Å². The molecule has 20 heavy (non-hydrogen) atoms. The number of nitrogens with two attached hydrogens (primary N) is 2. The normalized spacial score (nSPS) is 10.0. The van der Waals surface area contributed by atoms with Crippen molar-refractivity contribution in [2.45, 2.75) is 6.61 Å². The standard InChI is InChI=1S/C15H14N2O3/c16-13-7-5-12(6-8-13)15(19)20-9-10-1-3-11(4-2-10)14(17)18/h1-8H,9,16H2,(H2,17,18). The largest absolute Gasteiger partial charge is 0.457 e. The monoisotopic (exact) mass is 270 g/mol. The minimum Gasteiger partial charge on any atom is -0.457 e. The number of benzene rings is 2. The van der Waals surface area contributed by atoms with Gasteiger partial charge in [-0.15, -0.1) is 0 Å². The number of amides is 1. The molecule has 0 aliphatic carbocycles. The third-order valence-electron chi connectivity index (χ3n) is 2.75. The summed E-state index contributed by atoms with van der Waals surface area (Å²) in [4.78, 5) is 22.7. The van der Waals surface area contributed by atoms with Crippen LogP contribution in [-0.2, 0) is 11.3 Å². The van der Waals surface area contributed by atoms with Crippen molar-refractivity contribution in [1.29, 1.82) is 0 Å². The average Bonchev–Trinajstić information content (AvgIpc) is 2.46. The van der Waals surface area contributed by atoms with Crippen LogP contribution in [0.1, 0.15) is 26.3 Å². The van der Waals surface area contributed by atoms with Gasteiger partial charge in [0.1, 0.15) is 6.61 Å². The Balaban J connectivity index is 1.96. The maximum atomic E-state index is 11.8. The van der Waals surface area contributed by atoms with Crippen LogP contribution < -0.4 is 11.5 Å². The van der Waals surface area contributed by atoms with Crippen molar-refractivity contribution in [2.24, 2.45) is 5.73 Å². The molecule has 0 heterocycles. The number of primary amides is 1. The zero-order chi connectivity index (χ0) is 14.5. The van der Waals surface area contributed by atoms with E-state index >= 15 is 0 Å². The molecule has 0 saturated carbocycles. The van der Waals surface area contributed by atoms with Crippen molar-refractivity contribution in [3.63, 3.8) is 0 Å². The molecule has 0 aromatic heterocycles. The lowest BCUT2D eigenvalue weighted by Crippen LogP contribution is -2.11. The van der Waals surface area contributed by atoms with E-state index in [4.69, 9.17) is 16.2 Å². The van der Waals surface area contributed by atoms with E-state index in [1.54, 1.807) is 48.5 Å². The van der Waals surface area contributed by atoms with Crippen molar-refractivity contribution in [3.05, 3.63) is 65.2 Å². The second-order valence-corrected chi connectivity index (χ2v) is 4.26. The van der Waals surface area contributed by atoms with E-state index in [-0.39, 0.29) is 6.61 Å². The fourth-order valence-electron chi connectivity index (χ4n) is 1.62. The van der Waals surface area contributed by atoms with Gasteiger partial charge in [-0.2, -0.15) is 0 Å². The SMILES string of the molecule is NC(=O)c1ccc(COC(=O)c2ccc(N)cc2)cc1. The van der Waals surface area contributed by atoms with Crippen LogP contribution in [0.5, 0.6) is 0 Å². The predicted molar refractivity (Wildman–Crippen MR) is 74.9 cm³/mol. The number of anilines is 1. The summed E-state index contributed by atoms with van der Waals surface area (Å²) in [6.45, 7) is 0.127. The third-order valence-corrected chi connectivity index (χ3v) is 2.75. The van der Waals surface area contributed by atoms with Crippen molar-refractivity contribution in [3.8, 4) is 0 Å². The summed E-state index contributed by atoms with van der Waals surface area (Å²) in [5, 5.41) is 0. The zero-order valence-electron chi connectivity index (χ0n) is 10.7. The molecule has 0 bridgehead atoms. The highest BCUT2D eigenvalue weighted by Crippen LogP contribution is 2.10. The maximum Gasteiger partial charge on any atom is 0.338 e. The van der Waals surface area contributed by atoms with E-state index in [1.165, 1.54) is 0 Å². The minimum absolute atomic E-state index is 0.127. The molecule has 0 unspecified atom stereocenters. The van der Waals surface area contributed by atoms with Gasteiger partial charge >= 0.3 is 5.97 Å². The van der Waals surface area contributed by atoms with Crippen LogP contribution in [-0.4, -0.2) is 11.9 Å². The lowest BCUT2D eigenvalue weighted by atomic mass is 10.1. The molecule has 0 fully saturated rings. The van der Waals surface area contributed by atoms with Gasteiger partial charge < -0.3 is 16.2 Å². The van der Waals surface area contributed by atoms with Crippen molar-refractivity contribution < 1.29 is 14.3 Å². The van der Waals surface area contributed by atoms with Crippen LogP contribution in [0.15, 0.2) is 48.5 Å². The fraction of sp³-hybridized carbons (Fsp3) is 0.0667. The number of rotatable bonds is 4. The van der Waals surface area contributed by atoms with E-state index in [0.29, 0.717) is 16.8 Å². The first-order valence-electron chi connectivity index (χ1n) is 5.97. The van der Waals surface area contributed by atoms with Gasteiger partial charge in [0.15, 0.2) is 0 Å². The molecule has 0 atom stereocenters. The Morgan fingerprint density at radius 1 is 0.900 bits per heavy atom. The topological polar surface area (TPSA) is 95.4 Å². The molecular formula is C15H14N2O3. The summed E-state index contributed by atoms with van der Waals surface area (Å²) in [6.07, 6.45) is 0. The summed E-state index contributed by atoms with van der Waals surface area (Å²) in [6, 6.07) is 13.0. The summed E-state index contributed by atoms with van der Waals surface area (Å²) < 4.78 is 5.16. The number of ether oxygens (including phenoxy) is 1. The maximum absolute atomic E-state index is 11.8. The van der Waals surface area contributed by atoms with Crippen LogP contribution in [0, 0.1) is 0 Å². The Labute approximate surface area is 116 Å². The molecule has 0 aliphatic heterocycles. The van der Waals surface area contributed by atoms with Gasteiger partial charge in [0.05, 0.1) is 5.56 Å². The first-order valence-corrected chi connectivity index (χ1v) is 5.97. The van der Waals surface area contributed by atoms with Gasteiger partial charge in [0.25, 0.3) is 0 Å². The molecule has 0 spiro atoms. The van der Waals surface area contributed by atoms with Crippen LogP contribution in [0.25, 0.3) is 0 Å². The van der Waals surface area contributed by atoms with Gasteiger partial charge in [-0.25, -0.2) is 4.79 Å². The molecule has 0 radical (unpaired) electrons. The molecule has 5 nitrogen and oxygen atoms in total. The van der Waals surface area contributed by atoms with Crippen LogP contribution in [0.3, 0.4) is 0 Å². The van der Waals surface area contributed by atoms with Crippen molar-refractivity contribution in [2.75, 3.05) is 5.73 Å². The lowest BCUT2D eigenvalue weighted by Gasteiger charge is -2.05. The summed E-state index contributed by atoms with van der Waals surface area (Å²) in [5.74, 6) is -0.917. The number of carbonyl (C=O) groups is 2. The van der Waals surface area contributed by atoms with E-state index in [1.807, 2.05) is 0 Å². The van der Waals surface area contributed by atoms with Crippen molar-refractivity contribution >= 4 is 17.6 Å². The molecule has 5 heteroatoms. The highest BCUT2D eigenvalue weighted by atomic mass is 16.5. The molecule has 2 aromatic carbocycles. The van der Waals surface area contributed by atoms with E-state index in [9.17, 15) is 9.59 Å². The number of carbonyl (C=O) groups excluding carboxylic acids is 2. The summed E-state index contributed by atoms with van der Waals surface area (Å²) in [5.41, 5.74) is 12.9. The average molecular weight is 270 g/mol. The van der Waals surface area contributed by atoms with Gasteiger partial charge in [-0.05, 0) is 42.0 Å². The Morgan fingerprint density at radius 2 is 1.45 bits per heavy atom. The molecule has 1 amide bonds. The zero-order valence-corrected chi connectivity index (χ0v) is 10.7. The molecular weight excluding hydrogens is 256 g/mol. The molecule has 0 aliphatic rings. The lowest BCUT2D eigenvalue weighted by molar-refractivity contribution is 0.0472. The Bertz CT molecular complexity index is 619. The number of hydrogen-bond donors (Lipinski definition) is 2. The van der Waals surface area contributed by atoms with Gasteiger partial charge in [0.2, 0.25) is 5.91 Å². The molecule has 0 saturated heterocycles. The summed E-state index contributed by atoms with van der Waals surface area (Å²) in [7, 11) is 0. The summed E-state index contributed by atoms with van der Waals surface area (Å²) >= 11 is 0. The number of hydrogen-bond acceptors (Lipinski definition) is 4. The quantitative estimate of drug-likeness (QED) is 0.653. The molecule has 102 valence electrons. The van der Waals surface area contributed by atoms with Gasteiger partial charge in [-0.1, -0.05) is 12.1 Å². The third kappa shape index (κ3) is 3.35. The first-order chi connectivity index (χ1) is 9.56. The number of nitrogen functional groups attached to an aromatic ring is 1. The predicted octanol–water partition coefficient (Wildman–Crippen LogP) is 1.72. The molecule has 2 rings (SSSR count). The van der Waals surface area contributed by atoms with E-state index < -0.39 is 11.9 Å². The molecule has 4 N–H and O–H groups in total. The Kier molecular flexibility index (Phi) is 4.00. The van der Waals surface area contributed by atoms with Gasteiger partial charge in [0, 0.05) is 11.3 Å². The van der Waals surface area contributed by atoms with Crippen LogP contribution in [0.4, 0.5) is 5.69 Å². The Hall–Kier alpha value is -2.82.